The van der Waals surface area contributed by atoms with E-state index in [0.717, 1.165) is 24.0 Å². The highest BCUT2D eigenvalue weighted by atomic mass is 15.0. The van der Waals surface area contributed by atoms with Crippen molar-refractivity contribution in [2.24, 2.45) is 0 Å². The molecule has 1 saturated heterocycles. The van der Waals surface area contributed by atoms with E-state index in [1.165, 1.54) is 22.3 Å². The predicted octanol–water partition coefficient (Wildman–Crippen LogP) is 6.54. The first-order chi connectivity index (χ1) is 16.3. The number of benzene rings is 4. The number of hydrogen-bond donors (Lipinski definition) is 1. The molecule has 0 aromatic heterocycles. The Bertz CT molecular complexity index is 1210. The van der Waals surface area contributed by atoms with Crippen molar-refractivity contribution in [1.29, 1.82) is 0 Å². The molecular weight excluding hydrogens is 398 g/mol. The van der Waals surface area contributed by atoms with Crippen molar-refractivity contribution < 1.29 is 0 Å². The lowest BCUT2D eigenvalue weighted by Crippen LogP contribution is -2.27. The van der Waals surface area contributed by atoms with Crippen molar-refractivity contribution in [2.45, 2.75) is 24.9 Å². The standard InChI is InChI=1S/C32H25N/c1-3-7-27(8-4-1)29-17-11-25(12-18-29)15-21-31-23-24-32(33-31)22-16-26-13-19-30(20-14-26)28-9-5-2-6-10-28/h1-14,17-20,31-33H,23-24H2/t31-,32-/m0/s1. The number of nitrogens with one attached hydrogen (secondary N) is 1. The maximum atomic E-state index is 3.56. The second-order valence-corrected chi connectivity index (χ2v) is 8.27. The van der Waals surface area contributed by atoms with E-state index in [9.17, 15) is 0 Å². The molecule has 1 heterocycles. The average molecular weight is 424 g/mol. The van der Waals surface area contributed by atoms with Crippen molar-refractivity contribution in [3.63, 3.8) is 0 Å². The molecule has 0 bridgehead atoms. The normalized spacial score (nSPS) is 16.8. The molecule has 4 aromatic rings. The fourth-order valence-electron chi connectivity index (χ4n) is 4.06. The molecule has 0 amide bonds. The van der Waals surface area contributed by atoms with Gasteiger partial charge in [0.15, 0.2) is 0 Å². The smallest absolute Gasteiger partial charge is 0.0703 e. The van der Waals surface area contributed by atoms with E-state index < -0.39 is 0 Å². The molecular formula is C32H25N. The lowest BCUT2D eigenvalue weighted by Gasteiger charge is -2.04. The molecule has 1 N–H and O–H groups in total. The summed E-state index contributed by atoms with van der Waals surface area (Å²) in [6.07, 6.45) is 2.06. The molecule has 5 rings (SSSR count). The van der Waals surface area contributed by atoms with Crippen molar-refractivity contribution in [1.82, 2.24) is 5.32 Å². The molecule has 1 fully saturated rings. The second kappa shape index (κ2) is 10.1. The Morgan fingerprint density at radius 3 is 1.21 bits per heavy atom. The summed E-state index contributed by atoms with van der Waals surface area (Å²) in [6.45, 7) is 0. The molecule has 1 heteroatoms. The van der Waals surface area contributed by atoms with Gasteiger partial charge in [0.1, 0.15) is 0 Å². The van der Waals surface area contributed by atoms with Gasteiger partial charge in [-0.3, -0.25) is 5.32 Å². The molecule has 0 spiro atoms. The van der Waals surface area contributed by atoms with Gasteiger partial charge in [-0.15, -0.1) is 0 Å². The van der Waals surface area contributed by atoms with Gasteiger partial charge in [-0.1, -0.05) is 109 Å². The second-order valence-electron chi connectivity index (χ2n) is 8.27. The summed E-state index contributed by atoms with van der Waals surface area (Å²) in [7, 11) is 0. The summed E-state index contributed by atoms with van der Waals surface area (Å²) in [6, 6.07) is 38.2. The number of hydrogen-bond acceptors (Lipinski definition) is 1. The minimum absolute atomic E-state index is 0.193. The van der Waals surface area contributed by atoms with Crippen LogP contribution in [0.5, 0.6) is 0 Å². The fourth-order valence-corrected chi connectivity index (χ4v) is 4.06. The van der Waals surface area contributed by atoms with E-state index in [0.29, 0.717) is 0 Å². The van der Waals surface area contributed by atoms with Crippen molar-refractivity contribution in [3.8, 4) is 45.9 Å². The molecule has 0 aliphatic carbocycles. The van der Waals surface area contributed by atoms with Gasteiger partial charge in [0.05, 0.1) is 12.1 Å². The Hall–Kier alpha value is -4.04. The van der Waals surface area contributed by atoms with Gasteiger partial charge < -0.3 is 0 Å². The van der Waals surface area contributed by atoms with Crippen LogP contribution in [0.15, 0.2) is 109 Å². The summed E-state index contributed by atoms with van der Waals surface area (Å²) in [5, 5.41) is 3.56. The summed E-state index contributed by atoms with van der Waals surface area (Å²) < 4.78 is 0. The molecule has 33 heavy (non-hydrogen) atoms. The van der Waals surface area contributed by atoms with Gasteiger partial charge in [0.2, 0.25) is 0 Å². The molecule has 0 unspecified atom stereocenters. The molecule has 0 saturated carbocycles. The Labute approximate surface area is 196 Å². The quantitative estimate of drug-likeness (QED) is 0.361. The van der Waals surface area contributed by atoms with E-state index in [4.69, 9.17) is 0 Å². The third-order valence-corrected chi connectivity index (χ3v) is 5.91. The largest absolute Gasteiger partial charge is 0.290 e. The third kappa shape index (κ3) is 5.42. The van der Waals surface area contributed by atoms with E-state index in [1.54, 1.807) is 0 Å². The summed E-state index contributed by atoms with van der Waals surface area (Å²) in [5.74, 6) is 13.4. The molecule has 2 atom stereocenters. The van der Waals surface area contributed by atoms with Crippen LogP contribution in [0.3, 0.4) is 0 Å². The molecule has 1 nitrogen and oxygen atoms in total. The Morgan fingerprint density at radius 2 is 0.818 bits per heavy atom. The van der Waals surface area contributed by atoms with Gasteiger partial charge in [0, 0.05) is 11.1 Å². The monoisotopic (exact) mass is 423 g/mol. The molecule has 4 aromatic carbocycles. The minimum Gasteiger partial charge on any atom is -0.290 e. The lowest BCUT2D eigenvalue weighted by molar-refractivity contribution is 0.696. The van der Waals surface area contributed by atoms with E-state index >= 15 is 0 Å². The maximum absolute atomic E-state index is 3.56. The summed E-state index contributed by atoms with van der Waals surface area (Å²) >= 11 is 0. The first-order valence-electron chi connectivity index (χ1n) is 11.4. The first kappa shape index (κ1) is 20.8. The van der Waals surface area contributed by atoms with Crippen LogP contribution in [0.2, 0.25) is 0 Å². The van der Waals surface area contributed by atoms with Crippen LogP contribution >= 0.6 is 0 Å². The van der Waals surface area contributed by atoms with Crippen LogP contribution in [-0.4, -0.2) is 12.1 Å². The Morgan fingerprint density at radius 1 is 0.455 bits per heavy atom. The fraction of sp³-hybridized carbons (Fsp3) is 0.125. The van der Waals surface area contributed by atoms with Crippen LogP contribution in [-0.2, 0) is 0 Å². The maximum Gasteiger partial charge on any atom is 0.0703 e. The average Bonchev–Trinajstić information content (AvgIpc) is 3.36. The molecule has 1 aliphatic heterocycles. The van der Waals surface area contributed by atoms with E-state index in [2.05, 4.69) is 126 Å². The topological polar surface area (TPSA) is 12.0 Å². The molecule has 1 aliphatic rings. The van der Waals surface area contributed by atoms with Gasteiger partial charge in [0.25, 0.3) is 0 Å². The summed E-state index contributed by atoms with van der Waals surface area (Å²) in [5.41, 5.74) is 6.98. The van der Waals surface area contributed by atoms with Crippen molar-refractivity contribution >= 4 is 0 Å². The van der Waals surface area contributed by atoms with Crippen LogP contribution in [0.4, 0.5) is 0 Å². The van der Waals surface area contributed by atoms with Crippen molar-refractivity contribution in [2.75, 3.05) is 0 Å². The SMILES string of the molecule is C(#C[C@H]1CC[C@H](C#Cc2ccc(-c3ccccc3)cc2)N1)c1ccc(-c2ccccc2)cc1. The Kier molecular flexibility index (Phi) is 6.35. The number of rotatable bonds is 2. The van der Waals surface area contributed by atoms with E-state index in [-0.39, 0.29) is 12.1 Å². The summed E-state index contributed by atoms with van der Waals surface area (Å²) in [4.78, 5) is 0. The zero-order valence-corrected chi connectivity index (χ0v) is 18.5. The van der Waals surface area contributed by atoms with Crippen LogP contribution in [0, 0.1) is 23.7 Å². The lowest BCUT2D eigenvalue weighted by atomic mass is 10.0. The third-order valence-electron chi connectivity index (χ3n) is 5.91. The van der Waals surface area contributed by atoms with Gasteiger partial charge >= 0.3 is 0 Å². The molecule has 158 valence electrons. The molecule has 0 radical (unpaired) electrons. The van der Waals surface area contributed by atoms with Gasteiger partial charge in [-0.05, 0) is 59.4 Å². The minimum atomic E-state index is 0.193. The first-order valence-corrected chi connectivity index (χ1v) is 11.4. The van der Waals surface area contributed by atoms with Gasteiger partial charge in [-0.2, -0.15) is 0 Å². The highest BCUT2D eigenvalue weighted by Crippen LogP contribution is 2.20. The zero-order chi connectivity index (χ0) is 22.3. The highest BCUT2D eigenvalue weighted by molar-refractivity contribution is 5.65. The highest BCUT2D eigenvalue weighted by Gasteiger charge is 2.20. The predicted molar refractivity (Wildman–Crippen MR) is 137 cm³/mol. The van der Waals surface area contributed by atoms with Gasteiger partial charge in [-0.25, -0.2) is 0 Å². The van der Waals surface area contributed by atoms with Crippen LogP contribution in [0.25, 0.3) is 22.3 Å². The van der Waals surface area contributed by atoms with Crippen LogP contribution < -0.4 is 5.32 Å². The van der Waals surface area contributed by atoms with E-state index in [1.807, 2.05) is 12.1 Å². The zero-order valence-electron chi connectivity index (χ0n) is 18.5. The van der Waals surface area contributed by atoms with Crippen molar-refractivity contribution in [3.05, 3.63) is 120 Å². The Balaban J connectivity index is 1.18. The van der Waals surface area contributed by atoms with Crippen LogP contribution in [0.1, 0.15) is 24.0 Å².